The Balaban J connectivity index is 2.89. The number of hydrogen-bond donors (Lipinski definition) is 1. The topological polar surface area (TPSA) is 29.3 Å². The van der Waals surface area contributed by atoms with Gasteiger partial charge in [0, 0.05) is 24.7 Å². The lowest BCUT2D eigenvalue weighted by Gasteiger charge is -2.48. The summed E-state index contributed by atoms with van der Waals surface area (Å²) in [4.78, 5) is 2.63. The second kappa shape index (κ2) is 4.66. The molecule has 1 rings (SSSR count). The summed E-state index contributed by atoms with van der Waals surface area (Å²) < 4.78 is 0. The molecule has 1 aliphatic rings. The molecule has 0 amide bonds. The molecule has 0 saturated heterocycles. The summed E-state index contributed by atoms with van der Waals surface area (Å²) in [6.07, 6.45) is 2.67. The third-order valence-electron chi connectivity index (χ3n) is 4.52. The lowest BCUT2D eigenvalue weighted by molar-refractivity contribution is 0.0116. The molecule has 1 atom stereocenters. The standard InChI is InChI=1S/C14H30N2/c1-11(2)9-16(12(3)4)14(6,10-15)13(5)7-8-13/h11-12H,7-10,15H2,1-6H3. The summed E-state index contributed by atoms with van der Waals surface area (Å²) in [5.41, 5.74) is 6.72. The molecule has 0 aromatic heterocycles. The smallest absolute Gasteiger partial charge is 0.0359 e. The average Bonchev–Trinajstić information content (AvgIpc) is 2.92. The van der Waals surface area contributed by atoms with Gasteiger partial charge >= 0.3 is 0 Å². The molecule has 2 nitrogen and oxygen atoms in total. The van der Waals surface area contributed by atoms with Crippen LogP contribution in [-0.2, 0) is 0 Å². The highest BCUT2D eigenvalue weighted by Crippen LogP contribution is 2.56. The molecule has 1 unspecified atom stereocenters. The predicted octanol–water partition coefficient (Wildman–Crippen LogP) is 2.87. The highest BCUT2D eigenvalue weighted by molar-refractivity contribution is 5.10. The van der Waals surface area contributed by atoms with E-state index in [-0.39, 0.29) is 5.54 Å². The van der Waals surface area contributed by atoms with Crippen LogP contribution in [0.25, 0.3) is 0 Å². The zero-order valence-electron chi connectivity index (χ0n) is 12.0. The summed E-state index contributed by atoms with van der Waals surface area (Å²) in [7, 11) is 0. The van der Waals surface area contributed by atoms with Crippen molar-refractivity contribution in [1.82, 2.24) is 4.90 Å². The fraction of sp³-hybridized carbons (Fsp3) is 1.00. The Morgan fingerprint density at radius 1 is 1.25 bits per heavy atom. The Labute approximate surface area is 102 Å². The molecule has 0 bridgehead atoms. The minimum absolute atomic E-state index is 0.172. The van der Waals surface area contributed by atoms with Gasteiger partial charge in [-0.1, -0.05) is 20.8 Å². The average molecular weight is 226 g/mol. The van der Waals surface area contributed by atoms with E-state index in [0.29, 0.717) is 17.4 Å². The van der Waals surface area contributed by atoms with E-state index in [1.54, 1.807) is 0 Å². The molecule has 0 radical (unpaired) electrons. The van der Waals surface area contributed by atoms with Gasteiger partial charge in [-0.3, -0.25) is 4.90 Å². The molecular formula is C14H30N2. The molecule has 1 fully saturated rings. The van der Waals surface area contributed by atoms with Crippen LogP contribution in [0.5, 0.6) is 0 Å². The van der Waals surface area contributed by atoms with Crippen molar-refractivity contribution in [3.8, 4) is 0 Å². The van der Waals surface area contributed by atoms with Gasteiger partial charge in [-0.25, -0.2) is 0 Å². The largest absolute Gasteiger partial charge is 0.329 e. The van der Waals surface area contributed by atoms with Gasteiger partial charge in [0.2, 0.25) is 0 Å². The zero-order chi connectivity index (χ0) is 12.6. The van der Waals surface area contributed by atoms with Crippen molar-refractivity contribution in [2.24, 2.45) is 17.1 Å². The Morgan fingerprint density at radius 2 is 1.75 bits per heavy atom. The third kappa shape index (κ3) is 2.43. The second-order valence-electron chi connectivity index (χ2n) is 6.68. The van der Waals surface area contributed by atoms with Crippen LogP contribution in [0.4, 0.5) is 0 Å². The zero-order valence-corrected chi connectivity index (χ0v) is 12.0. The summed E-state index contributed by atoms with van der Waals surface area (Å²) in [5.74, 6) is 0.704. The van der Waals surface area contributed by atoms with E-state index in [1.165, 1.54) is 12.8 Å². The molecule has 2 N–H and O–H groups in total. The van der Waals surface area contributed by atoms with Crippen LogP contribution < -0.4 is 5.73 Å². The van der Waals surface area contributed by atoms with Crippen LogP contribution in [0, 0.1) is 11.3 Å². The molecular weight excluding hydrogens is 196 g/mol. The first-order valence-electron chi connectivity index (χ1n) is 6.73. The number of nitrogens with zero attached hydrogens (tertiary/aromatic N) is 1. The van der Waals surface area contributed by atoms with Gasteiger partial charge in [-0.15, -0.1) is 0 Å². The van der Waals surface area contributed by atoms with Gasteiger partial charge in [-0.2, -0.15) is 0 Å². The first-order chi connectivity index (χ1) is 7.27. The Bertz CT molecular complexity index is 231. The molecule has 96 valence electrons. The predicted molar refractivity (Wildman–Crippen MR) is 71.5 cm³/mol. The van der Waals surface area contributed by atoms with Crippen molar-refractivity contribution in [3.05, 3.63) is 0 Å². The Kier molecular flexibility index (Phi) is 4.07. The second-order valence-corrected chi connectivity index (χ2v) is 6.68. The lowest BCUT2D eigenvalue weighted by Crippen LogP contribution is -2.60. The molecule has 0 spiro atoms. The van der Waals surface area contributed by atoms with Gasteiger partial charge < -0.3 is 5.73 Å². The van der Waals surface area contributed by atoms with Crippen LogP contribution in [0.1, 0.15) is 54.4 Å². The molecule has 0 heterocycles. The monoisotopic (exact) mass is 226 g/mol. The van der Waals surface area contributed by atoms with E-state index in [9.17, 15) is 0 Å². The Hall–Kier alpha value is -0.0800. The van der Waals surface area contributed by atoms with Crippen LogP contribution in [-0.4, -0.2) is 29.6 Å². The van der Waals surface area contributed by atoms with E-state index in [2.05, 4.69) is 46.4 Å². The molecule has 1 aliphatic carbocycles. The fourth-order valence-corrected chi connectivity index (χ4v) is 2.81. The van der Waals surface area contributed by atoms with Gasteiger partial charge in [-0.05, 0) is 44.9 Å². The highest BCUT2D eigenvalue weighted by atomic mass is 15.2. The Morgan fingerprint density at radius 3 is 2.00 bits per heavy atom. The van der Waals surface area contributed by atoms with Gasteiger partial charge in [0.15, 0.2) is 0 Å². The van der Waals surface area contributed by atoms with Gasteiger partial charge in [0.25, 0.3) is 0 Å². The number of rotatable bonds is 6. The van der Waals surface area contributed by atoms with E-state index in [4.69, 9.17) is 5.73 Å². The van der Waals surface area contributed by atoms with Crippen molar-refractivity contribution in [2.75, 3.05) is 13.1 Å². The molecule has 0 aromatic rings. The minimum Gasteiger partial charge on any atom is -0.329 e. The van der Waals surface area contributed by atoms with Crippen molar-refractivity contribution < 1.29 is 0 Å². The first kappa shape index (κ1) is 14.0. The van der Waals surface area contributed by atoms with Gasteiger partial charge in [0.1, 0.15) is 0 Å². The molecule has 0 aromatic carbocycles. The maximum atomic E-state index is 6.11. The third-order valence-corrected chi connectivity index (χ3v) is 4.52. The van der Waals surface area contributed by atoms with Gasteiger partial charge in [0.05, 0.1) is 0 Å². The quantitative estimate of drug-likeness (QED) is 0.754. The minimum atomic E-state index is 0.172. The molecule has 2 heteroatoms. The van der Waals surface area contributed by atoms with E-state index < -0.39 is 0 Å². The fourth-order valence-electron chi connectivity index (χ4n) is 2.81. The van der Waals surface area contributed by atoms with Crippen molar-refractivity contribution in [2.45, 2.75) is 66.0 Å². The summed E-state index contributed by atoms with van der Waals surface area (Å²) in [6, 6.07) is 0.577. The van der Waals surface area contributed by atoms with Crippen LogP contribution >= 0.6 is 0 Å². The first-order valence-corrected chi connectivity index (χ1v) is 6.73. The summed E-state index contributed by atoms with van der Waals surface area (Å²) in [6.45, 7) is 15.9. The maximum absolute atomic E-state index is 6.11. The van der Waals surface area contributed by atoms with E-state index in [1.807, 2.05) is 0 Å². The lowest BCUT2D eigenvalue weighted by atomic mass is 9.80. The highest BCUT2D eigenvalue weighted by Gasteiger charge is 2.55. The van der Waals surface area contributed by atoms with Crippen LogP contribution in [0.15, 0.2) is 0 Å². The van der Waals surface area contributed by atoms with Crippen LogP contribution in [0.3, 0.4) is 0 Å². The van der Waals surface area contributed by atoms with E-state index in [0.717, 1.165) is 13.1 Å². The number of hydrogen-bond acceptors (Lipinski definition) is 2. The van der Waals surface area contributed by atoms with Crippen molar-refractivity contribution in [3.63, 3.8) is 0 Å². The summed E-state index contributed by atoms with van der Waals surface area (Å²) >= 11 is 0. The van der Waals surface area contributed by atoms with Crippen molar-refractivity contribution >= 4 is 0 Å². The number of nitrogens with two attached hydrogens (primary N) is 1. The molecule has 0 aliphatic heterocycles. The normalized spacial score (nSPS) is 22.9. The van der Waals surface area contributed by atoms with E-state index >= 15 is 0 Å². The summed E-state index contributed by atoms with van der Waals surface area (Å²) in [5, 5.41) is 0. The molecule has 1 saturated carbocycles. The van der Waals surface area contributed by atoms with Crippen LogP contribution in [0.2, 0.25) is 0 Å². The molecule has 16 heavy (non-hydrogen) atoms. The maximum Gasteiger partial charge on any atom is 0.0359 e. The SMILES string of the molecule is CC(C)CN(C(C)C)C(C)(CN)C1(C)CC1. The van der Waals surface area contributed by atoms with Crippen molar-refractivity contribution in [1.29, 1.82) is 0 Å².